The van der Waals surface area contributed by atoms with Crippen LogP contribution in [0.4, 0.5) is 0 Å². The Morgan fingerprint density at radius 2 is 1.86 bits per heavy atom. The Morgan fingerprint density at radius 3 is 2.46 bits per heavy atom. The minimum Gasteiger partial charge on any atom is -0.497 e. The van der Waals surface area contributed by atoms with Crippen LogP contribution in [0.3, 0.4) is 0 Å². The van der Waals surface area contributed by atoms with E-state index >= 15 is 0 Å². The van der Waals surface area contributed by atoms with Gasteiger partial charge in [0.25, 0.3) is 0 Å². The molecule has 7 nitrogen and oxygen atoms in total. The van der Waals surface area contributed by atoms with Crippen LogP contribution in [0.25, 0.3) is 0 Å². The highest BCUT2D eigenvalue weighted by molar-refractivity contribution is 7.89. The quantitative estimate of drug-likeness (QED) is 0.666. The van der Waals surface area contributed by atoms with Gasteiger partial charge in [0.15, 0.2) is 0 Å². The number of sulfonamides is 1. The lowest BCUT2D eigenvalue weighted by molar-refractivity contribution is -0.121. The second kappa shape index (κ2) is 9.77. The molecular formula is C19H23ClN2O5S. The highest BCUT2D eigenvalue weighted by atomic mass is 35.5. The first-order valence-corrected chi connectivity index (χ1v) is 10.4. The van der Waals surface area contributed by atoms with Crippen molar-refractivity contribution >= 4 is 27.5 Å². The van der Waals surface area contributed by atoms with E-state index in [1.54, 1.807) is 32.2 Å². The maximum Gasteiger partial charge on any atom is 0.247 e. The van der Waals surface area contributed by atoms with E-state index in [4.69, 9.17) is 21.1 Å². The number of carbonyl (C=O) groups excluding carboxylic acids is 1. The highest BCUT2D eigenvalue weighted by Crippen LogP contribution is 2.29. The molecular weight excluding hydrogens is 404 g/mol. The predicted octanol–water partition coefficient (Wildman–Crippen LogP) is 2.68. The largest absolute Gasteiger partial charge is 0.497 e. The molecule has 0 radical (unpaired) electrons. The molecule has 2 aromatic rings. The molecule has 0 atom stereocenters. The Morgan fingerprint density at radius 1 is 1.18 bits per heavy atom. The van der Waals surface area contributed by atoms with E-state index in [0.717, 1.165) is 9.87 Å². The van der Waals surface area contributed by atoms with Crippen LogP contribution >= 0.6 is 11.6 Å². The van der Waals surface area contributed by atoms with Crippen LogP contribution in [0, 0.1) is 0 Å². The maximum atomic E-state index is 12.9. The summed E-state index contributed by atoms with van der Waals surface area (Å²) in [7, 11) is -1.05. The number of carbonyl (C=O) groups is 1. The van der Waals surface area contributed by atoms with Crippen LogP contribution < -0.4 is 14.8 Å². The van der Waals surface area contributed by atoms with Gasteiger partial charge < -0.3 is 14.8 Å². The molecule has 1 amide bonds. The van der Waals surface area contributed by atoms with E-state index < -0.39 is 15.9 Å². The van der Waals surface area contributed by atoms with Crippen molar-refractivity contribution in [2.75, 3.05) is 27.3 Å². The molecule has 2 rings (SSSR count). The van der Waals surface area contributed by atoms with E-state index in [1.165, 1.54) is 19.2 Å². The summed E-state index contributed by atoms with van der Waals surface area (Å²) in [4.78, 5) is 12.1. The summed E-state index contributed by atoms with van der Waals surface area (Å²) in [5.41, 5.74) is 0.869. The van der Waals surface area contributed by atoms with Gasteiger partial charge in [0, 0.05) is 18.6 Å². The molecule has 0 bridgehead atoms. The summed E-state index contributed by atoms with van der Waals surface area (Å²) in [5.74, 6) is 0.479. The number of nitrogens with one attached hydrogen (secondary N) is 1. The average Bonchev–Trinajstić information content (AvgIpc) is 2.68. The maximum absolute atomic E-state index is 12.9. The number of halogens is 1. The molecule has 0 aliphatic heterocycles. The Bertz CT molecular complexity index is 916. The smallest absolute Gasteiger partial charge is 0.247 e. The van der Waals surface area contributed by atoms with E-state index in [1.807, 2.05) is 12.1 Å². The van der Waals surface area contributed by atoms with Gasteiger partial charge >= 0.3 is 0 Å². The number of ether oxygens (including phenoxy) is 2. The average molecular weight is 427 g/mol. The van der Waals surface area contributed by atoms with Crippen LogP contribution in [0.2, 0.25) is 5.02 Å². The van der Waals surface area contributed by atoms with Gasteiger partial charge in [0.05, 0.1) is 20.3 Å². The van der Waals surface area contributed by atoms with Gasteiger partial charge in [0.1, 0.15) is 16.4 Å². The molecule has 0 aromatic heterocycles. The van der Waals surface area contributed by atoms with Crippen molar-refractivity contribution in [3.05, 3.63) is 53.1 Å². The van der Waals surface area contributed by atoms with Crippen molar-refractivity contribution in [3.63, 3.8) is 0 Å². The first-order chi connectivity index (χ1) is 13.3. The lowest BCUT2D eigenvalue weighted by Gasteiger charge is -2.19. The molecule has 0 aliphatic rings. The third-order valence-electron chi connectivity index (χ3n) is 3.91. The zero-order valence-electron chi connectivity index (χ0n) is 15.9. The summed E-state index contributed by atoms with van der Waals surface area (Å²) < 4.78 is 37.1. The van der Waals surface area contributed by atoms with Crippen LogP contribution in [0.15, 0.2) is 47.4 Å². The fourth-order valence-corrected chi connectivity index (χ4v) is 3.93. The number of rotatable bonds is 9. The van der Waals surface area contributed by atoms with Crippen LogP contribution in [-0.2, 0) is 21.4 Å². The number of amides is 1. The first kappa shape index (κ1) is 22.0. The van der Waals surface area contributed by atoms with Crippen molar-refractivity contribution < 1.29 is 22.7 Å². The third kappa shape index (κ3) is 5.60. The number of benzene rings is 2. The van der Waals surface area contributed by atoms with Crippen LogP contribution in [0.5, 0.6) is 11.5 Å². The lowest BCUT2D eigenvalue weighted by atomic mass is 10.2. The van der Waals surface area contributed by atoms with Crippen molar-refractivity contribution in [2.45, 2.75) is 18.4 Å². The molecule has 0 spiro atoms. The van der Waals surface area contributed by atoms with Gasteiger partial charge in [-0.25, -0.2) is 8.42 Å². The Balaban J connectivity index is 2.05. The molecule has 1 N–H and O–H groups in total. The molecule has 9 heteroatoms. The second-order valence-electron chi connectivity index (χ2n) is 5.91. The first-order valence-electron chi connectivity index (χ1n) is 8.56. The molecule has 2 aromatic carbocycles. The topological polar surface area (TPSA) is 84.9 Å². The molecule has 0 heterocycles. The molecule has 28 heavy (non-hydrogen) atoms. The van der Waals surface area contributed by atoms with Gasteiger partial charge in [-0.1, -0.05) is 23.7 Å². The molecule has 0 fully saturated rings. The summed E-state index contributed by atoms with van der Waals surface area (Å²) in [6, 6.07) is 11.6. The van der Waals surface area contributed by atoms with Gasteiger partial charge in [-0.3, -0.25) is 4.79 Å². The molecule has 0 saturated heterocycles. The van der Waals surface area contributed by atoms with E-state index in [0.29, 0.717) is 12.4 Å². The molecule has 0 aliphatic carbocycles. The van der Waals surface area contributed by atoms with Gasteiger partial charge in [0.2, 0.25) is 15.9 Å². The van der Waals surface area contributed by atoms with Gasteiger partial charge in [-0.05, 0) is 42.8 Å². The minimum atomic E-state index is -3.95. The molecule has 152 valence electrons. The number of likely N-dealkylation sites (N-methyl/N-ethyl adjacent to an activating group) is 1. The molecule has 0 unspecified atom stereocenters. The number of methoxy groups -OCH3 is 1. The second-order valence-corrected chi connectivity index (χ2v) is 8.36. The van der Waals surface area contributed by atoms with Crippen molar-refractivity contribution in [3.8, 4) is 11.5 Å². The minimum absolute atomic E-state index is 0.0766. The number of nitrogens with zero attached hydrogens (tertiary/aromatic N) is 1. The van der Waals surface area contributed by atoms with Crippen molar-refractivity contribution in [2.24, 2.45) is 0 Å². The van der Waals surface area contributed by atoms with E-state index in [2.05, 4.69) is 5.32 Å². The van der Waals surface area contributed by atoms with Gasteiger partial charge in [-0.15, -0.1) is 0 Å². The fraction of sp³-hybridized carbons (Fsp3) is 0.316. The number of hydrogen-bond donors (Lipinski definition) is 1. The Hall–Kier alpha value is -2.29. The summed E-state index contributed by atoms with van der Waals surface area (Å²) in [5, 5.41) is 2.96. The lowest BCUT2D eigenvalue weighted by Crippen LogP contribution is -2.38. The highest BCUT2D eigenvalue weighted by Gasteiger charge is 2.27. The van der Waals surface area contributed by atoms with Gasteiger partial charge in [-0.2, -0.15) is 4.31 Å². The van der Waals surface area contributed by atoms with E-state index in [9.17, 15) is 13.2 Å². The van der Waals surface area contributed by atoms with E-state index in [-0.39, 0.29) is 28.8 Å². The standard InChI is InChI=1S/C19H23ClN2O5S/c1-4-27-17-10-7-15(20)11-18(17)28(24,25)22(2)13-19(23)21-12-14-5-8-16(26-3)9-6-14/h5-11H,4,12-13H2,1-3H3,(H,21,23). The van der Waals surface area contributed by atoms with Crippen LogP contribution in [0.1, 0.15) is 12.5 Å². The van der Waals surface area contributed by atoms with Crippen molar-refractivity contribution in [1.29, 1.82) is 0 Å². The van der Waals surface area contributed by atoms with Crippen molar-refractivity contribution in [1.82, 2.24) is 9.62 Å². The third-order valence-corrected chi connectivity index (χ3v) is 5.97. The zero-order valence-corrected chi connectivity index (χ0v) is 17.5. The van der Waals surface area contributed by atoms with Crippen LogP contribution in [-0.4, -0.2) is 45.9 Å². The monoisotopic (exact) mass is 426 g/mol. The zero-order chi connectivity index (χ0) is 20.7. The fourth-order valence-electron chi connectivity index (χ4n) is 2.41. The Kier molecular flexibility index (Phi) is 7.68. The summed E-state index contributed by atoms with van der Waals surface area (Å²) in [6.07, 6.45) is 0. The Labute approximate surface area is 170 Å². The predicted molar refractivity (Wildman–Crippen MR) is 107 cm³/mol. The molecule has 0 saturated carbocycles. The number of hydrogen-bond acceptors (Lipinski definition) is 5. The normalized spacial score (nSPS) is 11.3. The summed E-state index contributed by atoms with van der Waals surface area (Å²) >= 11 is 5.95. The summed E-state index contributed by atoms with van der Waals surface area (Å²) in [6.45, 7) is 1.99. The SMILES string of the molecule is CCOc1ccc(Cl)cc1S(=O)(=O)N(C)CC(=O)NCc1ccc(OC)cc1.